The van der Waals surface area contributed by atoms with E-state index in [4.69, 9.17) is 0 Å². The number of hydrogen-bond donors (Lipinski definition) is 1. The molecular formula is C20H23FN2O. The SMILES string of the molecule is C=CCc1ccc(-c2cnc(C=CCCCC(C)O)nc2)cc1F. The van der Waals surface area contributed by atoms with Crippen LogP contribution in [0.2, 0.25) is 0 Å². The van der Waals surface area contributed by atoms with E-state index in [0.29, 0.717) is 17.8 Å². The zero-order valence-electron chi connectivity index (χ0n) is 14.0. The van der Waals surface area contributed by atoms with E-state index in [2.05, 4.69) is 16.5 Å². The Morgan fingerprint density at radius 1 is 1.25 bits per heavy atom. The van der Waals surface area contributed by atoms with Gasteiger partial charge in [0.05, 0.1) is 6.10 Å². The fraction of sp³-hybridized carbons (Fsp3) is 0.300. The summed E-state index contributed by atoms with van der Waals surface area (Å²) in [5, 5.41) is 9.19. The monoisotopic (exact) mass is 326 g/mol. The normalized spacial score (nSPS) is 12.5. The Bertz CT molecular complexity index is 693. The highest BCUT2D eigenvalue weighted by Crippen LogP contribution is 2.21. The summed E-state index contributed by atoms with van der Waals surface area (Å²) in [7, 11) is 0. The first-order chi connectivity index (χ1) is 11.6. The van der Waals surface area contributed by atoms with Crippen LogP contribution in [-0.2, 0) is 6.42 Å². The minimum atomic E-state index is -0.257. The van der Waals surface area contributed by atoms with E-state index in [0.717, 1.165) is 30.4 Å². The third-order valence-corrected chi connectivity index (χ3v) is 3.68. The van der Waals surface area contributed by atoms with E-state index in [9.17, 15) is 9.50 Å². The van der Waals surface area contributed by atoms with Crippen molar-refractivity contribution in [3.63, 3.8) is 0 Å². The average molecular weight is 326 g/mol. The molecule has 3 nitrogen and oxygen atoms in total. The number of benzene rings is 1. The smallest absolute Gasteiger partial charge is 0.151 e. The van der Waals surface area contributed by atoms with Gasteiger partial charge in [-0.15, -0.1) is 6.58 Å². The van der Waals surface area contributed by atoms with Crippen LogP contribution >= 0.6 is 0 Å². The number of allylic oxidation sites excluding steroid dienone is 2. The van der Waals surface area contributed by atoms with Crippen molar-refractivity contribution in [2.75, 3.05) is 0 Å². The molecule has 24 heavy (non-hydrogen) atoms. The molecule has 1 aromatic carbocycles. The summed E-state index contributed by atoms with van der Waals surface area (Å²) in [6.45, 7) is 5.42. The third kappa shape index (κ3) is 5.39. The quantitative estimate of drug-likeness (QED) is 0.571. The second kappa shape index (κ2) is 9.08. The highest BCUT2D eigenvalue weighted by atomic mass is 19.1. The summed E-state index contributed by atoms with van der Waals surface area (Å²) < 4.78 is 14.0. The first-order valence-electron chi connectivity index (χ1n) is 8.16. The van der Waals surface area contributed by atoms with Crippen molar-refractivity contribution in [3.05, 3.63) is 66.5 Å². The standard InChI is InChI=1S/C20H23FN2O/c1-3-7-16-10-11-17(12-19(16)21)18-13-22-20(23-14-18)9-6-4-5-8-15(2)24/h3,6,9-15,24H,1,4-5,7-8H2,2H3. The van der Waals surface area contributed by atoms with Gasteiger partial charge in [0.2, 0.25) is 0 Å². The van der Waals surface area contributed by atoms with Gasteiger partial charge in [-0.1, -0.05) is 24.3 Å². The summed E-state index contributed by atoms with van der Waals surface area (Å²) in [5.41, 5.74) is 2.17. The summed E-state index contributed by atoms with van der Waals surface area (Å²) in [6.07, 6.45) is 11.8. The van der Waals surface area contributed by atoms with Gasteiger partial charge >= 0.3 is 0 Å². The Labute approximate surface area is 142 Å². The summed E-state index contributed by atoms with van der Waals surface area (Å²) >= 11 is 0. The third-order valence-electron chi connectivity index (χ3n) is 3.68. The Kier molecular flexibility index (Phi) is 6.82. The predicted molar refractivity (Wildman–Crippen MR) is 95.9 cm³/mol. The molecule has 0 fully saturated rings. The largest absolute Gasteiger partial charge is 0.393 e. The highest BCUT2D eigenvalue weighted by Gasteiger charge is 2.05. The van der Waals surface area contributed by atoms with Crippen LogP contribution in [0.25, 0.3) is 17.2 Å². The van der Waals surface area contributed by atoms with Crippen molar-refractivity contribution >= 4 is 6.08 Å². The molecular weight excluding hydrogens is 303 g/mol. The lowest BCUT2D eigenvalue weighted by Gasteiger charge is -2.05. The van der Waals surface area contributed by atoms with Gasteiger partial charge in [0.1, 0.15) is 5.82 Å². The van der Waals surface area contributed by atoms with Crippen LogP contribution in [-0.4, -0.2) is 21.2 Å². The van der Waals surface area contributed by atoms with Gasteiger partial charge < -0.3 is 5.11 Å². The van der Waals surface area contributed by atoms with Crippen molar-refractivity contribution in [2.24, 2.45) is 0 Å². The molecule has 0 amide bonds. The Hall–Kier alpha value is -2.33. The Morgan fingerprint density at radius 3 is 2.62 bits per heavy atom. The van der Waals surface area contributed by atoms with Crippen molar-refractivity contribution in [1.29, 1.82) is 0 Å². The van der Waals surface area contributed by atoms with E-state index in [-0.39, 0.29) is 11.9 Å². The maximum atomic E-state index is 14.0. The molecule has 2 aromatic rings. The topological polar surface area (TPSA) is 46.0 Å². The van der Waals surface area contributed by atoms with Gasteiger partial charge in [0, 0.05) is 18.0 Å². The first-order valence-corrected chi connectivity index (χ1v) is 8.16. The molecule has 0 bridgehead atoms. The average Bonchev–Trinajstić information content (AvgIpc) is 2.57. The molecule has 0 aliphatic heterocycles. The maximum absolute atomic E-state index is 14.0. The second-order valence-corrected chi connectivity index (χ2v) is 5.81. The molecule has 1 aromatic heterocycles. The number of rotatable bonds is 8. The lowest BCUT2D eigenvalue weighted by atomic mass is 10.0. The fourth-order valence-corrected chi connectivity index (χ4v) is 2.34. The molecule has 0 spiro atoms. The maximum Gasteiger partial charge on any atom is 0.151 e. The van der Waals surface area contributed by atoms with E-state index in [1.54, 1.807) is 31.5 Å². The van der Waals surface area contributed by atoms with Crippen LogP contribution in [0.15, 0.2) is 49.3 Å². The molecule has 4 heteroatoms. The molecule has 1 N–H and O–H groups in total. The van der Waals surface area contributed by atoms with Gasteiger partial charge in [-0.25, -0.2) is 14.4 Å². The lowest BCUT2D eigenvalue weighted by Crippen LogP contribution is -1.97. The molecule has 1 heterocycles. The van der Waals surface area contributed by atoms with Gasteiger partial charge in [0.15, 0.2) is 5.82 Å². The van der Waals surface area contributed by atoms with Crippen molar-refractivity contribution in [3.8, 4) is 11.1 Å². The van der Waals surface area contributed by atoms with Crippen LogP contribution in [0.1, 0.15) is 37.6 Å². The van der Waals surface area contributed by atoms with Crippen LogP contribution in [0, 0.1) is 5.82 Å². The molecule has 1 atom stereocenters. The Balaban J connectivity index is 2.00. The van der Waals surface area contributed by atoms with Gasteiger partial charge in [-0.2, -0.15) is 0 Å². The summed E-state index contributed by atoms with van der Waals surface area (Å²) in [5.74, 6) is 0.383. The number of unbranched alkanes of at least 4 members (excludes halogenated alkanes) is 1. The molecule has 0 saturated carbocycles. The molecule has 0 saturated heterocycles. The van der Waals surface area contributed by atoms with E-state index >= 15 is 0 Å². The predicted octanol–water partition coefficient (Wildman–Crippen LogP) is 4.58. The van der Waals surface area contributed by atoms with E-state index in [1.807, 2.05) is 18.2 Å². The number of aliphatic hydroxyl groups excluding tert-OH is 1. The summed E-state index contributed by atoms with van der Waals surface area (Å²) in [6, 6.07) is 5.14. The minimum Gasteiger partial charge on any atom is -0.393 e. The fourth-order valence-electron chi connectivity index (χ4n) is 2.34. The van der Waals surface area contributed by atoms with Crippen molar-refractivity contribution in [1.82, 2.24) is 9.97 Å². The highest BCUT2D eigenvalue weighted by molar-refractivity contribution is 5.62. The first kappa shape index (κ1) is 18.0. The number of halogens is 1. The minimum absolute atomic E-state index is 0.241. The van der Waals surface area contributed by atoms with Crippen molar-refractivity contribution in [2.45, 2.75) is 38.7 Å². The molecule has 2 rings (SSSR count). The molecule has 0 aliphatic rings. The second-order valence-electron chi connectivity index (χ2n) is 5.81. The lowest BCUT2D eigenvalue weighted by molar-refractivity contribution is 0.182. The van der Waals surface area contributed by atoms with Crippen LogP contribution in [0.4, 0.5) is 4.39 Å². The van der Waals surface area contributed by atoms with E-state index < -0.39 is 0 Å². The van der Waals surface area contributed by atoms with Crippen LogP contribution < -0.4 is 0 Å². The van der Waals surface area contributed by atoms with Crippen molar-refractivity contribution < 1.29 is 9.50 Å². The molecule has 0 radical (unpaired) electrons. The van der Waals surface area contributed by atoms with Gasteiger partial charge in [0.25, 0.3) is 0 Å². The van der Waals surface area contributed by atoms with E-state index in [1.165, 1.54) is 6.07 Å². The van der Waals surface area contributed by atoms with Crippen LogP contribution in [0.5, 0.6) is 0 Å². The number of nitrogens with zero attached hydrogens (tertiary/aromatic N) is 2. The number of aliphatic hydroxyl groups is 1. The number of hydrogen-bond acceptors (Lipinski definition) is 3. The van der Waals surface area contributed by atoms with Crippen LogP contribution in [0.3, 0.4) is 0 Å². The molecule has 0 aliphatic carbocycles. The molecule has 1 unspecified atom stereocenters. The Morgan fingerprint density at radius 2 is 2.00 bits per heavy atom. The zero-order valence-corrected chi connectivity index (χ0v) is 14.0. The van der Waals surface area contributed by atoms with Gasteiger partial charge in [-0.05, 0) is 55.9 Å². The zero-order chi connectivity index (χ0) is 17.4. The van der Waals surface area contributed by atoms with Gasteiger partial charge in [-0.3, -0.25) is 0 Å². The summed E-state index contributed by atoms with van der Waals surface area (Å²) in [4.78, 5) is 8.58. The molecule has 126 valence electrons. The number of aromatic nitrogens is 2.